The second-order valence-corrected chi connectivity index (χ2v) is 5.75. The minimum atomic E-state index is -0.617. The molecule has 112 valence electrons. The minimum absolute atomic E-state index is 0.127. The van der Waals surface area contributed by atoms with Gasteiger partial charge in [0.15, 0.2) is 0 Å². The predicted molar refractivity (Wildman–Crippen MR) is 78.0 cm³/mol. The van der Waals surface area contributed by atoms with E-state index in [1.807, 2.05) is 25.7 Å². The lowest BCUT2D eigenvalue weighted by Crippen LogP contribution is -2.50. The molecule has 4 nitrogen and oxygen atoms in total. The van der Waals surface area contributed by atoms with Crippen molar-refractivity contribution >= 4 is 5.91 Å². The van der Waals surface area contributed by atoms with Crippen LogP contribution in [0.15, 0.2) is 0 Å². The maximum Gasteiger partial charge on any atom is 0.239 e. The van der Waals surface area contributed by atoms with Crippen LogP contribution >= 0.6 is 0 Å². The Kier molecular flexibility index (Phi) is 6.80. The number of likely N-dealkylation sites (N-methyl/N-ethyl adjacent to an activating group) is 1. The van der Waals surface area contributed by atoms with Crippen LogP contribution in [0, 0.1) is 0 Å². The smallest absolute Gasteiger partial charge is 0.239 e. The van der Waals surface area contributed by atoms with Gasteiger partial charge >= 0.3 is 0 Å². The van der Waals surface area contributed by atoms with E-state index in [1.54, 1.807) is 0 Å². The molecule has 1 aliphatic rings. The maximum atomic E-state index is 12.1. The number of rotatable bonds is 6. The van der Waals surface area contributed by atoms with Crippen molar-refractivity contribution in [1.82, 2.24) is 10.2 Å². The van der Waals surface area contributed by atoms with Gasteiger partial charge in [-0.25, -0.2) is 0 Å². The number of hydrogen-bond donors (Lipinski definition) is 2. The molecule has 0 radical (unpaired) electrons. The number of carbonyl (C=O) groups excluding carboxylic acids is 1. The summed E-state index contributed by atoms with van der Waals surface area (Å²) in [7, 11) is 0. The van der Waals surface area contributed by atoms with Gasteiger partial charge in [-0.2, -0.15) is 0 Å². The molecule has 0 saturated heterocycles. The fourth-order valence-corrected chi connectivity index (χ4v) is 2.80. The lowest BCUT2D eigenvalue weighted by Gasteiger charge is -2.30. The second kappa shape index (κ2) is 7.85. The Balaban J connectivity index is 2.43. The Morgan fingerprint density at radius 3 is 2.21 bits per heavy atom. The fourth-order valence-electron chi connectivity index (χ4n) is 2.80. The van der Waals surface area contributed by atoms with E-state index in [0.29, 0.717) is 6.54 Å². The largest absolute Gasteiger partial charge is 0.389 e. The molecule has 1 aliphatic carbocycles. The maximum absolute atomic E-state index is 12.1. The van der Waals surface area contributed by atoms with Gasteiger partial charge in [-0.1, -0.05) is 25.7 Å². The summed E-state index contributed by atoms with van der Waals surface area (Å²) in [6.07, 6.45) is 6.33. The van der Waals surface area contributed by atoms with Gasteiger partial charge in [0.25, 0.3) is 0 Å². The van der Waals surface area contributed by atoms with Gasteiger partial charge in [0.1, 0.15) is 0 Å². The lowest BCUT2D eigenvalue weighted by atomic mass is 9.94. The number of nitrogens with zero attached hydrogens (tertiary/aromatic N) is 1. The molecule has 0 heterocycles. The van der Waals surface area contributed by atoms with E-state index >= 15 is 0 Å². The van der Waals surface area contributed by atoms with Gasteiger partial charge in [0.05, 0.1) is 11.6 Å². The Hall–Kier alpha value is -0.610. The number of nitrogens with one attached hydrogen (secondary N) is 1. The SMILES string of the molecule is CCN(CC)C(=O)C(C)NCC1(O)CCCCCC1. The molecule has 0 aromatic carbocycles. The second-order valence-electron chi connectivity index (χ2n) is 5.75. The van der Waals surface area contributed by atoms with Crippen molar-refractivity contribution in [3.8, 4) is 0 Å². The van der Waals surface area contributed by atoms with E-state index in [9.17, 15) is 9.90 Å². The molecule has 1 rings (SSSR count). The quantitative estimate of drug-likeness (QED) is 0.725. The highest BCUT2D eigenvalue weighted by Crippen LogP contribution is 2.26. The van der Waals surface area contributed by atoms with Crippen molar-refractivity contribution in [1.29, 1.82) is 0 Å². The molecule has 0 aromatic heterocycles. The van der Waals surface area contributed by atoms with Gasteiger partial charge < -0.3 is 15.3 Å². The van der Waals surface area contributed by atoms with Crippen LogP contribution in [-0.2, 0) is 4.79 Å². The summed E-state index contributed by atoms with van der Waals surface area (Å²) in [5.74, 6) is 0.127. The van der Waals surface area contributed by atoms with Gasteiger partial charge in [0.2, 0.25) is 5.91 Å². The molecular weight excluding hydrogens is 240 g/mol. The van der Waals surface area contributed by atoms with Crippen LogP contribution in [0.3, 0.4) is 0 Å². The van der Waals surface area contributed by atoms with Gasteiger partial charge in [-0.3, -0.25) is 4.79 Å². The van der Waals surface area contributed by atoms with E-state index in [0.717, 1.165) is 38.8 Å². The predicted octanol–water partition coefficient (Wildman–Crippen LogP) is 1.92. The monoisotopic (exact) mass is 270 g/mol. The third kappa shape index (κ3) is 5.11. The molecular formula is C15H30N2O2. The summed E-state index contributed by atoms with van der Waals surface area (Å²) < 4.78 is 0. The first-order valence-electron chi connectivity index (χ1n) is 7.77. The van der Waals surface area contributed by atoms with Crippen LogP contribution in [0.25, 0.3) is 0 Å². The summed E-state index contributed by atoms with van der Waals surface area (Å²) in [4.78, 5) is 14.0. The van der Waals surface area contributed by atoms with E-state index in [4.69, 9.17) is 0 Å². The van der Waals surface area contributed by atoms with Crippen molar-refractivity contribution in [2.45, 2.75) is 70.9 Å². The fraction of sp³-hybridized carbons (Fsp3) is 0.933. The minimum Gasteiger partial charge on any atom is -0.389 e. The third-order valence-corrected chi connectivity index (χ3v) is 4.22. The van der Waals surface area contributed by atoms with Crippen LogP contribution < -0.4 is 5.32 Å². The summed E-state index contributed by atoms with van der Waals surface area (Å²) in [5.41, 5.74) is -0.617. The van der Waals surface area contributed by atoms with E-state index in [1.165, 1.54) is 12.8 Å². The summed E-state index contributed by atoms with van der Waals surface area (Å²) in [6, 6.07) is -0.216. The molecule has 1 atom stereocenters. The number of carbonyl (C=O) groups is 1. The Morgan fingerprint density at radius 2 is 1.74 bits per heavy atom. The molecule has 19 heavy (non-hydrogen) atoms. The Labute approximate surface area is 117 Å². The van der Waals surface area contributed by atoms with Crippen LogP contribution in [-0.4, -0.2) is 47.2 Å². The average Bonchev–Trinajstić information content (AvgIpc) is 2.62. The molecule has 1 amide bonds. The van der Waals surface area contributed by atoms with Gasteiger partial charge in [-0.05, 0) is 33.6 Å². The highest BCUT2D eigenvalue weighted by Gasteiger charge is 2.29. The standard InChI is InChI=1S/C15H30N2O2/c1-4-17(5-2)14(18)13(3)16-12-15(19)10-8-6-7-9-11-15/h13,16,19H,4-12H2,1-3H3. The zero-order chi connectivity index (χ0) is 14.3. The molecule has 4 heteroatoms. The summed E-state index contributed by atoms with van der Waals surface area (Å²) in [6.45, 7) is 7.89. The van der Waals surface area contributed by atoms with Crippen molar-refractivity contribution < 1.29 is 9.90 Å². The summed E-state index contributed by atoms with van der Waals surface area (Å²) >= 11 is 0. The molecule has 2 N–H and O–H groups in total. The first kappa shape index (κ1) is 16.4. The Morgan fingerprint density at radius 1 is 1.21 bits per heavy atom. The van der Waals surface area contributed by atoms with E-state index in [2.05, 4.69) is 5.32 Å². The molecule has 0 spiro atoms. The molecule has 0 aromatic rings. The molecule has 1 fully saturated rings. The van der Waals surface area contributed by atoms with Crippen LogP contribution in [0.1, 0.15) is 59.3 Å². The normalized spacial score (nSPS) is 20.6. The van der Waals surface area contributed by atoms with Crippen LogP contribution in [0.5, 0.6) is 0 Å². The topological polar surface area (TPSA) is 52.6 Å². The first-order chi connectivity index (χ1) is 9.02. The molecule has 0 aliphatic heterocycles. The zero-order valence-electron chi connectivity index (χ0n) is 12.7. The highest BCUT2D eigenvalue weighted by atomic mass is 16.3. The van der Waals surface area contributed by atoms with Crippen LogP contribution in [0.2, 0.25) is 0 Å². The highest BCUT2D eigenvalue weighted by molar-refractivity contribution is 5.81. The van der Waals surface area contributed by atoms with Crippen molar-refractivity contribution in [2.24, 2.45) is 0 Å². The number of amides is 1. The van der Waals surface area contributed by atoms with Gasteiger partial charge in [0, 0.05) is 19.6 Å². The zero-order valence-corrected chi connectivity index (χ0v) is 12.7. The number of aliphatic hydroxyl groups is 1. The van der Waals surface area contributed by atoms with Crippen molar-refractivity contribution in [3.63, 3.8) is 0 Å². The molecule has 1 saturated carbocycles. The third-order valence-electron chi connectivity index (χ3n) is 4.22. The molecule has 1 unspecified atom stereocenters. The van der Waals surface area contributed by atoms with Gasteiger partial charge in [-0.15, -0.1) is 0 Å². The lowest BCUT2D eigenvalue weighted by molar-refractivity contribution is -0.132. The number of hydrogen-bond acceptors (Lipinski definition) is 3. The van der Waals surface area contributed by atoms with Crippen molar-refractivity contribution in [3.05, 3.63) is 0 Å². The molecule has 0 bridgehead atoms. The van der Waals surface area contributed by atoms with Crippen molar-refractivity contribution in [2.75, 3.05) is 19.6 Å². The van der Waals surface area contributed by atoms with E-state index < -0.39 is 5.60 Å². The first-order valence-corrected chi connectivity index (χ1v) is 7.77. The van der Waals surface area contributed by atoms with E-state index in [-0.39, 0.29) is 11.9 Å². The van der Waals surface area contributed by atoms with Crippen LogP contribution in [0.4, 0.5) is 0 Å². The summed E-state index contributed by atoms with van der Waals surface area (Å²) in [5, 5.41) is 13.8. The average molecular weight is 270 g/mol. The Bertz CT molecular complexity index is 269.